The number of rotatable bonds is 6. The zero-order valence-electron chi connectivity index (χ0n) is 32.7. The molecular weight excluding hydrogens is 739 g/mol. The number of fused-ring (bicyclic) bond motifs is 6. The third-order valence-corrected chi connectivity index (χ3v) is 11.6. The fourth-order valence-electron chi connectivity index (χ4n) is 8.49. The van der Waals surface area contributed by atoms with Crippen LogP contribution in [0.4, 0.5) is 0 Å². The second-order valence-electron chi connectivity index (χ2n) is 15.1. The lowest BCUT2D eigenvalue weighted by molar-refractivity contribution is 0.669. The molecule has 0 N–H and O–H groups in total. The van der Waals surface area contributed by atoms with Crippen molar-refractivity contribution in [1.82, 2.24) is 19.5 Å². The number of aromatic nitrogens is 4. The normalized spacial score (nSPS) is 11.6. The van der Waals surface area contributed by atoms with Crippen molar-refractivity contribution >= 4 is 110 Å². The molecule has 5 nitrogen and oxygen atoms in total. The number of nitrogens with zero attached hydrogens (tertiary/aromatic N) is 4. The summed E-state index contributed by atoms with van der Waals surface area (Å²) in [5.41, 5.74) is 11.8. The Morgan fingerprint density at radius 1 is 0.377 bits per heavy atom. The van der Waals surface area contributed by atoms with Gasteiger partial charge in [0.1, 0.15) is 50.4 Å². The van der Waals surface area contributed by atoms with Crippen molar-refractivity contribution in [3.05, 3.63) is 164 Å². The van der Waals surface area contributed by atoms with E-state index in [0.29, 0.717) is 23.0 Å². The Bertz CT molecular complexity index is 3500. The first kappa shape index (κ1) is 36.8. The highest BCUT2D eigenvalue weighted by molar-refractivity contribution is 6.68. The van der Waals surface area contributed by atoms with Crippen LogP contribution in [0.15, 0.2) is 168 Å². The molecule has 10 heteroatoms. The van der Waals surface area contributed by atoms with Crippen LogP contribution in [0.3, 0.4) is 0 Å². The minimum absolute atomic E-state index is 0.169. The zero-order chi connectivity index (χ0) is 41.4. The molecule has 11 rings (SSSR count). The number of hydrogen-bond donors (Lipinski definition) is 0. The van der Waals surface area contributed by atoms with Crippen molar-refractivity contribution in [2.24, 2.45) is 0 Å². The fraction of sp³-hybridized carbons (Fsp3) is 0. The Kier molecular flexibility index (Phi) is 8.71. The van der Waals surface area contributed by atoms with Gasteiger partial charge < -0.3 is 8.98 Å². The van der Waals surface area contributed by atoms with Gasteiger partial charge in [0.2, 0.25) is 0 Å². The highest BCUT2D eigenvalue weighted by Crippen LogP contribution is 2.40. The molecule has 0 fully saturated rings. The number of furan rings is 1. The molecule has 0 aliphatic carbocycles. The van der Waals surface area contributed by atoms with Gasteiger partial charge >= 0.3 is 0 Å². The molecule has 0 spiro atoms. The maximum Gasteiger partial charge on any atom is 0.164 e. The Labute approximate surface area is 358 Å². The molecule has 3 aromatic heterocycles. The smallest absolute Gasteiger partial charge is 0.164 e. The standard InChI is InChI=1S/C51H27B5N4O/c52-44-42(45(53)47(55)48(56)46(44)54)29-18-20-31(21-19-29)50-57-49(30-12-5-2-6-13-30)58-51(59-50)36-15-9-17-41-43(36)37-27-33(23-25-40(37)61-41)60-38-16-8-7-14-34(38)35-24-22-32(26-39(35)60)28-10-3-1-4-11-28/h1-27H. The Morgan fingerprint density at radius 2 is 0.951 bits per heavy atom. The molecule has 11 aromatic rings. The lowest BCUT2D eigenvalue weighted by Crippen LogP contribution is -2.55. The van der Waals surface area contributed by atoms with E-state index in [1.807, 2.05) is 84.9 Å². The van der Waals surface area contributed by atoms with Crippen LogP contribution in [-0.2, 0) is 0 Å². The van der Waals surface area contributed by atoms with Gasteiger partial charge in [0.05, 0.1) is 11.0 Å². The van der Waals surface area contributed by atoms with Gasteiger partial charge in [0.15, 0.2) is 17.5 Å². The molecule has 0 saturated carbocycles. The summed E-state index contributed by atoms with van der Waals surface area (Å²) in [6.07, 6.45) is 0. The number of para-hydroxylation sites is 1. The summed E-state index contributed by atoms with van der Waals surface area (Å²) in [7, 11) is 31.3. The fourth-order valence-corrected chi connectivity index (χ4v) is 8.49. The Hall–Kier alpha value is -7.31. The van der Waals surface area contributed by atoms with E-state index in [4.69, 9.17) is 58.6 Å². The molecule has 0 saturated heterocycles. The van der Waals surface area contributed by atoms with E-state index in [1.165, 1.54) is 10.8 Å². The van der Waals surface area contributed by atoms with Crippen LogP contribution in [0, 0.1) is 0 Å². The van der Waals surface area contributed by atoms with Crippen molar-refractivity contribution in [2.45, 2.75) is 0 Å². The highest BCUT2D eigenvalue weighted by Gasteiger charge is 2.20. The number of hydrogen-bond acceptors (Lipinski definition) is 4. The van der Waals surface area contributed by atoms with E-state index in [0.717, 1.165) is 72.0 Å². The molecule has 0 unspecified atom stereocenters. The number of benzene rings is 8. The topological polar surface area (TPSA) is 56.7 Å². The van der Waals surface area contributed by atoms with Gasteiger partial charge in [-0.15, -0.1) is 16.4 Å². The predicted octanol–water partition coefficient (Wildman–Crippen LogP) is 7.17. The Morgan fingerprint density at radius 3 is 1.67 bits per heavy atom. The van der Waals surface area contributed by atoms with Gasteiger partial charge in [-0.25, -0.2) is 15.0 Å². The second-order valence-corrected chi connectivity index (χ2v) is 15.1. The summed E-state index contributed by atoms with van der Waals surface area (Å²) in [6.45, 7) is 0. The highest BCUT2D eigenvalue weighted by atomic mass is 16.3. The maximum atomic E-state index is 6.54. The first-order valence-electron chi connectivity index (χ1n) is 19.8. The average molecular weight is 766 g/mol. The van der Waals surface area contributed by atoms with Crippen molar-refractivity contribution in [2.75, 3.05) is 0 Å². The molecule has 3 heterocycles. The third kappa shape index (κ3) is 6.04. The summed E-state index contributed by atoms with van der Waals surface area (Å²) in [5.74, 6) is 1.52. The van der Waals surface area contributed by atoms with Crippen LogP contribution in [-0.4, -0.2) is 58.8 Å². The van der Waals surface area contributed by atoms with Gasteiger partial charge in [0.25, 0.3) is 0 Å². The van der Waals surface area contributed by atoms with Gasteiger partial charge in [-0.1, -0.05) is 138 Å². The first-order chi connectivity index (χ1) is 29.8. The summed E-state index contributed by atoms with van der Waals surface area (Å²) < 4.78 is 8.88. The van der Waals surface area contributed by atoms with Crippen molar-refractivity contribution < 1.29 is 4.42 Å². The van der Waals surface area contributed by atoms with E-state index in [9.17, 15) is 0 Å². The average Bonchev–Trinajstić information content (AvgIpc) is 3.86. The van der Waals surface area contributed by atoms with E-state index in [2.05, 4.69) is 83.4 Å². The van der Waals surface area contributed by atoms with Gasteiger partial charge in [-0.2, -0.15) is 0 Å². The van der Waals surface area contributed by atoms with Gasteiger partial charge in [-0.3, -0.25) is 0 Å². The molecule has 0 aliphatic heterocycles. The van der Waals surface area contributed by atoms with Crippen molar-refractivity contribution in [3.63, 3.8) is 0 Å². The monoisotopic (exact) mass is 766 g/mol. The predicted molar refractivity (Wildman–Crippen MR) is 256 cm³/mol. The van der Waals surface area contributed by atoms with E-state index in [-0.39, 0.29) is 27.3 Å². The Balaban J connectivity index is 1.09. The summed E-state index contributed by atoms with van der Waals surface area (Å²) >= 11 is 0. The summed E-state index contributed by atoms with van der Waals surface area (Å²) in [6, 6.07) is 55.6. The van der Waals surface area contributed by atoms with Crippen LogP contribution >= 0.6 is 0 Å². The van der Waals surface area contributed by atoms with Crippen molar-refractivity contribution in [1.29, 1.82) is 0 Å². The summed E-state index contributed by atoms with van der Waals surface area (Å²) in [4.78, 5) is 15.2. The molecule has 10 radical (unpaired) electrons. The molecule has 0 bridgehead atoms. The maximum absolute atomic E-state index is 6.54. The lowest BCUT2D eigenvalue weighted by Gasteiger charge is -2.21. The van der Waals surface area contributed by atoms with Gasteiger partial charge in [0, 0.05) is 43.9 Å². The quantitative estimate of drug-likeness (QED) is 0.169. The van der Waals surface area contributed by atoms with Crippen LogP contribution in [0.5, 0.6) is 0 Å². The SMILES string of the molecule is [B]c1c([B])c([B])c(-c2ccc(-c3nc(-c4ccccc4)nc(-c4cccc5oc6ccc(-n7c8ccccc8c8ccc(-c9ccccc9)cc87)cc6c45)n3)cc2)c([B])c1[B]. The molecule has 0 aliphatic rings. The molecule has 0 amide bonds. The zero-order valence-corrected chi connectivity index (χ0v) is 32.7. The second kappa shape index (κ2) is 14.5. The molecular formula is C51H27B5N4O. The largest absolute Gasteiger partial charge is 0.456 e. The van der Waals surface area contributed by atoms with Gasteiger partial charge in [-0.05, 0) is 58.7 Å². The van der Waals surface area contributed by atoms with Crippen LogP contribution < -0.4 is 27.3 Å². The summed E-state index contributed by atoms with van der Waals surface area (Å²) in [5, 5.41) is 4.21. The molecule has 0 atom stereocenters. The third-order valence-electron chi connectivity index (χ3n) is 11.6. The first-order valence-corrected chi connectivity index (χ1v) is 19.8. The van der Waals surface area contributed by atoms with E-state index < -0.39 is 0 Å². The molecule has 61 heavy (non-hydrogen) atoms. The van der Waals surface area contributed by atoms with Crippen LogP contribution in [0.2, 0.25) is 0 Å². The van der Waals surface area contributed by atoms with Crippen LogP contribution in [0.25, 0.3) is 106 Å². The lowest BCUT2D eigenvalue weighted by atomic mass is 9.59. The van der Waals surface area contributed by atoms with E-state index >= 15 is 0 Å². The van der Waals surface area contributed by atoms with Crippen LogP contribution in [0.1, 0.15) is 0 Å². The minimum Gasteiger partial charge on any atom is -0.456 e. The minimum atomic E-state index is 0.169. The molecule has 8 aromatic carbocycles. The van der Waals surface area contributed by atoms with E-state index in [1.54, 1.807) is 0 Å². The van der Waals surface area contributed by atoms with Crippen molar-refractivity contribution in [3.8, 4) is 62.1 Å². The molecule has 272 valence electrons.